The van der Waals surface area contributed by atoms with Crippen molar-refractivity contribution in [3.05, 3.63) is 54.1 Å². The molecular weight excluding hydrogens is 336 g/mol. The molecule has 1 heterocycles. The summed E-state index contributed by atoms with van der Waals surface area (Å²) in [5.41, 5.74) is 2.66. The van der Waals surface area contributed by atoms with Crippen molar-refractivity contribution in [3.8, 4) is 0 Å². The fraction of sp³-hybridized carbons (Fsp3) is 0.300. The Labute approximate surface area is 153 Å². The number of rotatable bonds is 5. The summed E-state index contributed by atoms with van der Waals surface area (Å²) >= 11 is 5.71. The van der Waals surface area contributed by atoms with Crippen molar-refractivity contribution in [2.75, 3.05) is 22.7 Å². The van der Waals surface area contributed by atoms with E-state index in [0.717, 1.165) is 30.6 Å². The molecule has 130 valence electrons. The number of alkyl halides is 1. The van der Waals surface area contributed by atoms with E-state index in [4.69, 9.17) is 11.6 Å². The van der Waals surface area contributed by atoms with E-state index in [1.165, 1.54) is 0 Å². The largest absolute Gasteiger partial charge is 0.309 e. The average Bonchev–Trinajstić information content (AvgIpc) is 2.73. The molecule has 4 nitrogen and oxygen atoms in total. The molecule has 0 saturated heterocycles. The van der Waals surface area contributed by atoms with Crippen molar-refractivity contribution in [2.45, 2.75) is 25.7 Å². The van der Waals surface area contributed by atoms with Gasteiger partial charge < -0.3 is 4.90 Å². The van der Waals surface area contributed by atoms with Gasteiger partial charge in [-0.3, -0.25) is 14.5 Å². The van der Waals surface area contributed by atoms with Gasteiger partial charge in [0.1, 0.15) is 0 Å². The lowest BCUT2D eigenvalue weighted by atomic mass is 10.1. The Morgan fingerprint density at radius 1 is 0.920 bits per heavy atom. The maximum Gasteiger partial charge on any atom is 0.260 e. The van der Waals surface area contributed by atoms with E-state index < -0.39 is 0 Å². The summed E-state index contributed by atoms with van der Waals surface area (Å²) < 4.78 is 0. The van der Waals surface area contributed by atoms with Crippen LogP contribution in [0.3, 0.4) is 0 Å². The Balaban J connectivity index is 2.04. The number of fused-ring (bicyclic) bond motifs is 2. The molecule has 0 aromatic heterocycles. The minimum absolute atomic E-state index is 0.00225. The third-order valence-corrected chi connectivity index (χ3v) is 4.70. The van der Waals surface area contributed by atoms with E-state index in [1.54, 1.807) is 22.9 Å². The summed E-state index contributed by atoms with van der Waals surface area (Å²) in [5.74, 6) is 0.501. The number of benzene rings is 2. The van der Waals surface area contributed by atoms with Crippen molar-refractivity contribution < 1.29 is 9.59 Å². The van der Waals surface area contributed by atoms with E-state index in [2.05, 4.69) is 0 Å². The maximum atomic E-state index is 13.0. The molecule has 2 aromatic rings. The molecule has 0 N–H and O–H groups in total. The van der Waals surface area contributed by atoms with Gasteiger partial charge in [0.15, 0.2) is 0 Å². The second-order valence-corrected chi connectivity index (χ2v) is 6.48. The lowest BCUT2D eigenvalue weighted by Gasteiger charge is -2.24. The molecule has 0 aliphatic carbocycles. The first kappa shape index (κ1) is 17.5. The van der Waals surface area contributed by atoms with Crippen LogP contribution < -0.4 is 9.80 Å². The van der Waals surface area contributed by atoms with E-state index in [-0.39, 0.29) is 11.8 Å². The van der Waals surface area contributed by atoms with Gasteiger partial charge in [0.25, 0.3) is 5.91 Å². The van der Waals surface area contributed by atoms with Crippen molar-refractivity contribution >= 4 is 40.5 Å². The van der Waals surface area contributed by atoms with Gasteiger partial charge in [-0.25, -0.2) is 0 Å². The maximum absolute atomic E-state index is 13.0. The van der Waals surface area contributed by atoms with Crippen LogP contribution in [0.5, 0.6) is 0 Å². The summed E-state index contributed by atoms with van der Waals surface area (Å²) in [6.45, 7) is 0. The standard InChI is InChI=1S/C20H21ClN2O2/c1-22-17-11-6-7-12-18(17)23(19(24)13-3-2-8-14-21)16-10-5-4-9-15(16)20(22)25/h4-7,9-12H,2-3,8,13-14H2,1H3. The second-order valence-electron chi connectivity index (χ2n) is 6.10. The Kier molecular flexibility index (Phi) is 5.39. The van der Waals surface area contributed by atoms with Gasteiger partial charge >= 0.3 is 0 Å². The highest BCUT2D eigenvalue weighted by Crippen LogP contribution is 2.40. The molecule has 0 radical (unpaired) electrons. The molecule has 25 heavy (non-hydrogen) atoms. The monoisotopic (exact) mass is 356 g/mol. The Morgan fingerprint density at radius 2 is 1.56 bits per heavy atom. The van der Waals surface area contributed by atoms with Crippen LogP contribution in [0.25, 0.3) is 0 Å². The van der Waals surface area contributed by atoms with Crippen molar-refractivity contribution in [1.29, 1.82) is 0 Å². The number of nitrogens with zero attached hydrogens (tertiary/aromatic N) is 2. The molecule has 1 aliphatic rings. The van der Waals surface area contributed by atoms with E-state index in [9.17, 15) is 9.59 Å². The van der Waals surface area contributed by atoms with Crippen LogP contribution in [0, 0.1) is 0 Å². The van der Waals surface area contributed by atoms with Gasteiger partial charge in [0, 0.05) is 19.3 Å². The Morgan fingerprint density at radius 3 is 2.28 bits per heavy atom. The highest BCUT2D eigenvalue weighted by atomic mass is 35.5. The molecule has 3 rings (SSSR count). The molecular formula is C20H21ClN2O2. The molecule has 2 amide bonds. The number of unbranched alkanes of at least 4 members (excludes halogenated alkanes) is 2. The summed E-state index contributed by atoms with van der Waals surface area (Å²) in [7, 11) is 1.74. The second kappa shape index (κ2) is 7.70. The number of amides is 2. The van der Waals surface area contributed by atoms with Crippen LogP contribution in [0.1, 0.15) is 36.0 Å². The zero-order valence-corrected chi connectivity index (χ0v) is 15.0. The quantitative estimate of drug-likeness (QED) is 0.573. The summed E-state index contributed by atoms with van der Waals surface area (Å²) in [5, 5.41) is 0. The third kappa shape index (κ3) is 3.40. The fourth-order valence-corrected chi connectivity index (χ4v) is 3.32. The predicted molar refractivity (Wildman–Crippen MR) is 102 cm³/mol. The van der Waals surface area contributed by atoms with Crippen LogP contribution in [-0.4, -0.2) is 24.7 Å². The molecule has 0 fully saturated rings. The number of para-hydroxylation sites is 3. The third-order valence-electron chi connectivity index (χ3n) is 4.44. The minimum atomic E-state index is -0.111. The van der Waals surface area contributed by atoms with Gasteiger partial charge in [0.2, 0.25) is 5.91 Å². The highest BCUT2D eigenvalue weighted by molar-refractivity contribution is 6.18. The fourth-order valence-electron chi connectivity index (χ4n) is 3.13. The Hall–Kier alpha value is -2.33. The SMILES string of the molecule is CN1C(=O)c2ccccc2N(C(=O)CCCCCCl)c2ccccc21. The van der Waals surface area contributed by atoms with Crippen molar-refractivity contribution in [2.24, 2.45) is 0 Å². The zero-order valence-electron chi connectivity index (χ0n) is 14.2. The summed E-state index contributed by atoms with van der Waals surface area (Å²) in [6.07, 6.45) is 3.04. The van der Waals surface area contributed by atoms with Gasteiger partial charge in [-0.15, -0.1) is 11.6 Å². The van der Waals surface area contributed by atoms with Crippen LogP contribution in [0.15, 0.2) is 48.5 Å². The van der Waals surface area contributed by atoms with Crippen LogP contribution >= 0.6 is 11.6 Å². The first-order chi connectivity index (χ1) is 12.1. The van der Waals surface area contributed by atoms with Crippen LogP contribution in [-0.2, 0) is 4.79 Å². The molecule has 0 bridgehead atoms. The molecule has 1 aliphatic heterocycles. The highest BCUT2D eigenvalue weighted by Gasteiger charge is 2.31. The molecule has 0 saturated carbocycles. The normalized spacial score (nSPS) is 13.3. The molecule has 0 unspecified atom stereocenters. The Bertz CT molecular complexity index is 791. The van der Waals surface area contributed by atoms with E-state index in [0.29, 0.717) is 23.6 Å². The van der Waals surface area contributed by atoms with Gasteiger partial charge in [0.05, 0.1) is 22.6 Å². The van der Waals surface area contributed by atoms with Gasteiger partial charge in [-0.2, -0.15) is 0 Å². The minimum Gasteiger partial charge on any atom is -0.309 e. The average molecular weight is 357 g/mol. The molecule has 5 heteroatoms. The van der Waals surface area contributed by atoms with Gasteiger partial charge in [-0.05, 0) is 37.1 Å². The summed E-state index contributed by atoms with van der Waals surface area (Å²) in [6, 6.07) is 14.8. The first-order valence-electron chi connectivity index (χ1n) is 8.50. The van der Waals surface area contributed by atoms with E-state index >= 15 is 0 Å². The molecule has 2 aromatic carbocycles. The van der Waals surface area contributed by atoms with Crippen LogP contribution in [0.4, 0.5) is 17.1 Å². The number of anilines is 3. The number of halogens is 1. The number of hydrogen-bond acceptors (Lipinski definition) is 2. The number of carbonyl (C=O) groups excluding carboxylic acids is 2. The zero-order chi connectivity index (χ0) is 17.8. The van der Waals surface area contributed by atoms with Crippen molar-refractivity contribution in [1.82, 2.24) is 0 Å². The summed E-state index contributed by atoms with van der Waals surface area (Å²) in [4.78, 5) is 29.1. The predicted octanol–water partition coefficient (Wildman–Crippen LogP) is 4.74. The van der Waals surface area contributed by atoms with E-state index in [1.807, 2.05) is 42.5 Å². The smallest absolute Gasteiger partial charge is 0.260 e. The lowest BCUT2D eigenvalue weighted by molar-refractivity contribution is -0.118. The number of carbonyl (C=O) groups is 2. The first-order valence-corrected chi connectivity index (χ1v) is 9.03. The van der Waals surface area contributed by atoms with Crippen LogP contribution in [0.2, 0.25) is 0 Å². The lowest BCUT2D eigenvalue weighted by Crippen LogP contribution is -2.26. The molecule has 0 spiro atoms. The van der Waals surface area contributed by atoms with Gasteiger partial charge in [-0.1, -0.05) is 30.7 Å². The topological polar surface area (TPSA) is 40.6 Å². The number of hydrogen-bond donors (Lipinski definition) is 0. The molecule has 0 atom stereocenters. The van der Waals surface area contributed by atoms with Crippen molar-refractivity contribution in [3.63, 3.8) is 0 Å².